The highest BCUT2D eigenvalue weighted by Gasteiger charge is 2.40. The molecule has 6 nitrogen and oxygen atoms in total. The van der Waals surface area contributed by atoms with Gasteiger partial charge in [0.15, 0.2) is 0 Å². The van der Waals surface area contributed by atoms with Crippen molar-refractivity contribution in [3.05, 3.63) is 24.0 Å². The van der Waals surface area contributed by atoms with Crippen molar-refractivity contribution in [3.63, 3.8) is 0 Å². The molecule has 7 heteroatoms. The van der Waals surface area contributed by atoms with Crippen LogP contribution in [0.5, 0.6) is 0 Å². The fourth-order valence-electron chi connectivity index (χ4n) is 1.58. The third-order valence-electron chi connectivity index (χ3n) is 2.56. The molecular formula is C12H19BO6. The van der Waals surface area contributed by atoms with E-state index in [2.05, 4.69) is 4.65 Å². The first-order valence-corrected chi connectivity index (χ1v) is 5.95. The minimum Gasteiger partial charge on any atom is -0.512 e. The lowest BCUT2D eigenvalue weighted by Crippen LogP contribution is -2.39. The summed E-state index contributed by atoms with van der Waals surface area (Å²) < 4.78 is 9.93. The van der Waals surface area contributed by atoms with Gasteiger partial charge in [0.25, 0.3) is 0 Å². The van der Waals surface area contributed by atoms with E-state index in [1.807, 2.05) is 0 Å². The summed E-state index contributed by atoms with van der Waals surface area (Å²) in [5.74, 6) is -0.304. The summed E-state index contributed by atoms with van der Waals surface area (Å²) in [6.07, 6.45) is 4.53. The number of aliphatic hydroxyl groups is 1. The van der Waals surface area contributed by atoms with E-state index in [9.17, 15) is 9.90 Å². The molecule has 0 aliphatic heterocycles. The zero-order chi connectivity index (χ0) is 14.7. The molecule has 1 aliphatic rings. The molecule has 0 aromatic rings. The molecule has 19 heavy (non-hydrogen) atoms. The molecule has 0 radical (unpaired) electrons. The summed E-state index contributed by atoms with van der Waals surface area (Å²) in [4.78, 5) is 12.1. The molecule has 0 aromatic carbocycles. The largest absolute Gasteiger partial charge is 0.707 e. The van der Waals surface area contributed by atoms with Gasteiger partial charge in [0.1, 0.15) is 11.0 Å². The van der Waals surface area contributed by atoms with Gasteiger partial charge in [-0.25, -0.2) is 0 Å². The molecule has 0 saturated carbocycles. The normalized spacial score (nSPS) is 22.7. The van der Waals surface area contributed by atoms with Gasteiger partial charge in [0.2, 0.25) is 0 Å². The quantitative estimate of drug-likeness (QED) is 0.496. The first-order chi connectivity index (χ1) is 8.68. The van der Waals surface area contributed by atoms with Crippen molar-refractivity contribution in [2.75, 3.05) is 6.61 Å². The zero-order valence-electron chi connectivity index (χ0n) is 11.3. The molecule has 0 spiro atoms. The third-order valence-corrected chi connectivity index (χ3v) is 2.56. The Balaban J connectivity index is 2.79. The molecule has 1 atom stereocenters. The van der Waals surface area contributed by atoms with Gasteiger partial charge in [0, 0.05) is 0 Å². The molecule has 1 unspecified atom stereocenters. The van der Waals surface area contributed by atoms with Gasteiger partial charge in [-0.05, 0) is 39.3 Å². The number of carbonyl (C=O) groups is 1. The van der Waals surface area contributed by atoms with Gasteiger partial charge in [-0.3, -0.25) is 4.79 Å². The number of hydrogen-bond acceptors (Lipinski definition) is 6. The SMILES string of the molecule is CC(C)(C)OC(=O)C1(CO)C=CC(OB(O)O)=CC1. The van der Waals surface area contributed by atoms with Crippen LogP contribution in [0.4, 0.5) is 0 Å². The van der Waals surface area contributed by atoms with Crippen LogP contribution < -0.4 is 0 Å². The Labute approximate surface area is 112 Å². The molecule has 1 rings (SSSR count). The summed E-state index contributed by atoms with van der Waals surface area (Å²) in [6.45, 7) is 4.84. The number of carbonyl (C=O) groups excluding carboxylic acids is 1. The average Bonchev–Trinajstić information content (AvgIpc) is 2.27. The van der Waals surface area contributed by atoms with Crippen LogP contribution in [-0.2, 0) is 14.2 Å². The van der Waals surface area contributed by atoms with Crippen molar-refractivity contribution in [1.82, 2.24) is 0 Å². The first-order valence-electron chi connectivity index (χ1n) is 5.95. The molecule has 0 bridgehead atoms. The maximum atomic E-state index is 12.1. The lowest BCUT2D eigenvalue weighted by molar-refractivity contribution is -0.166. The third kappa shape index (κ3) is 4.38. The van der Waals surface area contributed by atoms with Gasteiger partial charge < -0.3 is 24.5 Å². The van der Waals surface area contributed by atoms with Crippen molar-refractivity contribution >= 4 is 13.3 Å². The predicted octanol–water partition coefficient (Wildman–Crippen LogP) is 0.137. The number of esters is 1. The van der Waals surface area contributed by atoms with E-state index in [0.717, 1.165) is 0 Å². The maximum Gasteiger partial charge on any atom is 0.707 e. The van der Waals surface area contributed by atoms with E-state index in [1.54, 1.807) is 20.8 Å². The van der Waals surface area contributed by atoms with Gasteiger partial charge in [-0.2, -0.15) is 0 Å². The monoisotopic (exact) mass is 270 g/mol. The second-order valence-corrected chi connectivity index (χ2v) is 5.40. The van der Waals surface area contributed by atoms with Crippen molar-refractivity contribution in [1.29, 1.82) is 0 Å². The first kappa shape index (κ1) is 15.8. The molecule has 106 valence electrons. The van der Waals surface area contributed by atoms with Crippen molar-refractivity contribution < 1.29 is 29.3 Å². The van der Waals surface area contributed by atoms with E-state index in [-0.39, 0.29) is 12.2 Å². The lowest BCUT2D eigenvalue weighted by atomic mass is 9.82. The zero-order valence-corrected chi connectivity index (χ0v) is 11.3. The fraction of sp³-hybridized carbons (Fsp3) is 0.583. The predicted molar refractivity (Wildman–Crippen MR) is 68.5 cm³/mol. The van der Waals surface area contributed by atoms with E-state index in [1.165, 1.54) is 18.2 Å². The standard InChI is InChI=1S/C12H19BO6/c1-11(2,3)18-10(15)12(8-14)6-4-9(5-7-12)19-13(16)17/h4-6,14,16-17H,7-8H2,1-3H3. The summed E-state index contributed by atoms with van der Waals surface area (Å²) in [7, 11) is -1.92. The smallest absolute Gasteiger partial charge is 0.512 e. The van der Waals surface area contributed by atoms with Gasteiger partial charge in [0.05, 0.1) is 12.4 Å². The van der Waals surface area contributed by atoms with E-state index in [4.69, 9.17) is 14.8 Å². The van der Waals surface area contributed by atoms with Crippen LogP contribution in [0.1, 0.15) is 27.2 Å². The summed E-state index contributed by atoms with van der Waals surface area (Å²) in [5.41, 5.74) is -1.80. The number of ether oxygens (including phenoxy) is 1. The molecule has 3 N–H and O–H groups in total. The second-order valence-electron chi connectivity index (χ2n) is 5.40. The van der Waals surface area contributed by atoms with Crippen LogP contribution in [0.2, 0.25) is 0 Å². The van der Waals surface area contributed by atoms with E-state index < -0.39 is 30.9 Å². The highest BCUT2D eigenvalue weighted by Crippen LogP contribution is 2.32. The van der Waals surface area contributed by atoms with Crippen molar-refractivity contribution in [3.8, 4) is 0 Å². The van der Waals surface area contributed by atoms with Gasteiger partial charge in [-0.1, -0.05) is 6.08 Å². The van der Waals surface area contributed by atoms with E-state index in [0.29, 0.717) is 0 Å². The summed E-state index contributed by atoms with van der Waals surface area (Å²) in [5, 5.41) is 26.8. The van der Waals surface area contributed by atoms with Crippen LogP contribution in [0.3, 0.4) is 0 Å². The highest BCUT2D eigenvalue weighted by molar-refractivity contribution is 6.33. The van der Waals surface area contributed by atoms with Crippen LogP contribution in [0.25, 0.3) is 0 Å². The Hall–Kier alpha value is -1.31. The maximum absolute atomic E-state index is 12.1. The van der Waals surface area contributed by atoms with Crippen LogP contribution in [-0.4, -0.2) is 40.7 Å². The number of aliphatic hydroxyl groups excluding tert-OH is 1. The molecular weight excluding hydrogens is 251 g/mol. The molecule has 0 amide bonds. The highest BCUT2D eigenvalue weighted by atomic mass is 16.6. The van der Waals surface area contributed by atoms with Crippen LogP contribution in [0, 0.1) is 5.41 Å². The van der Waals surface area contributed by atoms with Crippen molar-refractivity contribution in [2.24, 2.45) is 5.41 Å². The number of rotatable bonds is 4. The Morgan fingerprint density at radius 3 is 2.47 bits per heavy atom. The second kappa shape index (κ2) is 5.77. The lowest BCUT2D eigenvalue weighted by Gasteiger charge is -2.31. The summed E-state index contributed by atoms with van der Waals surface area (Å²) in [6, 6.07) is 0. The topological polar surface area (TPSA) is 96.2 Å². The van der Waals surface area contributed by atoms with Crippen LogP contribution >= 0.6 is 0 Å². The molecule has 0 saturated heterocycles. The number of hydrogen-bond donors (Lipinski definition) is 3. The Kier molecular flexibility index (Phi) is 4.78. The minimum atomic E-state index is -1.92. The summed E-state index contributed by atoms with van der Waals surface area (Å²) >= 11 is 0. The van der Waals surface area contributed by atoms with Gasteiger partial charge >= 0.3 is 13.3 Å². The molecule has 0 heterocycles. The minimum absolute atomic E-state index is 0.164. The Morgan fingerprint density at radius 1 is 1.47 bits per heavy atom. The molecule has 1 aliphatic carbocycles. The van der Waals surface area contributed by atoms with E-state index >= 15 is 0 Å². The van der Waals surface area contributed by atoms with Crippen molar-refractivity contribution in [2.45, 2.75) is 32.8 Å². The number of allylic oxidation sites excluding steroid dienone is 2. The van der Waals surface area contributed by atoms with Crippen LogP contribution in [0.15, 0.2) is 24.0 Å². The fourth-order valence-corrected chi connectivity index (χ4v) is 1.58. The molecule has 0 fully saturated rings. The Bertz CT molecular complexity index is 396. The molecule has 0 aromatic heterocycles. The average molecular weight is 270 g/mol. The Morgan fingerprint density at radius 2 is 2.11 bits per heavy atom. The van der Waals surface area contributed by atoms with Gasteiger partial charge in [-0.15, -0.1) is 0 Å².